The molecule has 1 aliphatic rings. The lowest BCUT2D eigenvalue weighted by molar-refractivity contribution is 0.136. The maximum atomic E-state index is 12.4. The second kappa shape index (κ2) is 11.4. The zero-order valence-corrected chi connectivity index (χ0v) is 21.9. The van der Waals surface area contributed by atoms with Crippen molar-refractivity contribution in [2.75, 3.05) is 32.6 Å². The molecule has 188 valence electrons. The summed E-state index contributed by atoms with van der Waals surface area (Å²) in [6, 6.07) is 7.04. The summed E-state index contributed by atoms with van der Waals surface area (Å²) in [5.74, 6) is 0.723. The smallest absolute Gasteiger partial charge is 0.252 e. The van der Waals surface area contributed by atoms with Gasteiger partial charge in [-0.15, -0.1) is 0 Å². The number of methoxy groups -OCH3 is 1. The lowest BCUT2D eigenvalue weighted by Crippen LogP contribution is -2.42. The Morgan fingerprint density at radius 1 is 1.12 bits per heavy atom. The predicted octanol–water partition coefficient (Wildman–Crippen LogP) is 3.79. The van der Waals surface area contributed by atoms with Crippen molar-refractivity contribution in [3.63, 3.8) is 0 Å². The highest BCUT2D eigenvalue weighted by Gasteiger charge is 2.28. The maximum absolute atomic E-state index is 12.4. The van der Waals surface area contributed by atoms with Crippen molar-refractivity contribution in [1.29, 1.82) is 0 Å². The molecule has 1 aromatic carbocycles. The summed E-state index contributed by atoms with van der Waals surface area (Å²) in [5, 5.41) is 14.2. The third-order valence-electron chi connectivity index (χ3n) is 7.38. The lowest BCUT2D eigenvalue weighted by Gasteiger charge is -2.40. The first-order chi connectivity index (χ1) is 16.2. The Balaban J connectivity index is 1.84. The third kappa shape index (κ3) is 5.82. The molecule has 34 heavy (non-hydrogen) atoms. The fraction of sp³-hybridized carbons (Fsp3) is 0.593. The number of aliphatic hydroxyl groups excluding tert-OH is 1. The molecule has 0 amide bonds. The number of aliphatic hydroxyl groups is 1. The molecule has 3 N–H and O–H groups in total. The van der Waals surface area contributed by atoms with Crippen LogP contribution in [-0.2, 0) is 6.54 Å². The minimum absolute atomic E-state index is 0.120. The van der Waals surface area contributed by atoms with E-state index in [4.69, 9.17) is 4.74 Å². The van der Waals surface area contributed by atoms with Gasteiger partial charge in [0.2, 0.25) is 0 Å². The summed E-state index contributed by atoms with van der Waals surface area (Å²) in [6.07, 6.45) is 3.77. The van der Waals surface area contributed by atoms with E-state index in [0.29, 0.717) is 17.6 Å². The van der Waals surface area contributed by atoms with Gasteiger partial charge in [-0.25, -0.2) is 0 Å². The third-order valence-corrected chi connectivity index (χ3v) is 7.38. The van der Waals surface area contributed by atoms with E-state index in [9.17, 15) is 9.90 Å². The molecule has 0 spiro atoms. The minimum Gasteiger partial charge on any atom is -0.497 e. The Morgan fingerprint density at radius 3 is 2.32 bits per heavy atom. The van der Waals surface area contributed by atoms with Gasteiger partial charge < -0.3 is 24.6 Å². The van der Waals surface area contributed by atoms with Crippen molar-refractivity contribution in [2.24, 2.45) is 0 Å². The van der Waals surface area contributed by atoms with Gasteiger partial charge in [-0.1, -0.05) is 0 Å². The first-order valence-electron chi connectivity index (χ1n) is 12.4. The number of aromatic amines is 1. The van der Waals surface area contributed by atoms with E-state index < -0.39 is 6.23 Å². The molecule has 7 heteroatoms. The molecule has 1 saturated carbocycles. The first kappa shape index (κ1) is 26.3. The van der Waals surface area contributed by atoms with Gasteiger partial charge in [0, 0.05) is 53.7 Å². The van der Waals surface area contributed by atoms with E-state index >= 15 is 0 Å². The first-order valence-corrected chi connectivity index (χ1v) is 12.4. The topological polar surface area (TPSA) is 80.8 Å². The van der Waals surface area contributed by atoms with Crippen molar-refractivity contribution < 1.29 is 9.84 Å². The van der Waals surface area contributed by atoms with Crippen molar-refractivity contribution in [1.82, 2.24) is 15.2 Å². The molecule has 1 aromatic heterocycles. The number of anilines is 1. The second-order valence-corrected chi connectivity index (χ2v) is 9.80. The number of hydrogen-bond acceptors (Lipinski definition) is 6. The molecule has 3 rings (SSSR count). The highest BCUT2D eigenvalue weighted by Crippen LogP contribution is 2.36. The molecule has 1 fully saturated rings. The number of H-pyrrole nitrogens is 1. The number of aromatic nitrogens is 1. The van der Waals surface area contributed by atoms with Crippen LogP contribution in [0.5, 0.6) is 5.75 Å². The van der Waals surface area contributed by atoms with Crippen molar-refractivity contribution in [3.8, 4) is 5.75 Å². The van der Waals surface area contributed by atoms with Crippen molar-refractivity contribution in [3.05, 3.63) is 56.5 Å². The normalized spacial score (nSPS) is 19.3. The number of benzene rings is 1. The van der Waals surface area contributed by atoms with Crippen LogP contribution < -0.4 is 20.5 Å². The van der Waals surface area contributed by atoms with Crippen molar-refractivity contribution >= 4 is 5.69 Å². The molecule has 0 saturated heterocycles. The van der Waals surface area contributed by atoms with Crippen LogP contribution >= 0.6 is 0 Å². The van der Waals surface area contributed by atoms with Gasteiger partial charge in [-0.2, -0.15) is 0 Å². The van der Waals surface area contributed by atoms with Gasteiger partial charge in [0.25, 0.3) is 5.56 Å². The number of nitrogens with one attached hydrogen (secondary N) is 2. The van der Waals surface area contributed by atoms with E-state index in [1.165, 1.54) is 12.8 Å². The monoisotopic (exact) mass is 470 g/mol. The SMILES string of the molecule is CCN(c1cc(OC)cc(C(O)NCc2c(C)cc(C)[nH]c2=O)c1C)[C@H]1CC[C@H](N(C)C)CC1. The van der Waals surface area contributed by atoms with Crippen LogP contribution in [0.2, 0.25) is 0 Å². The summed E-state index contributed by atoms with van der Waals surface area (Å²) in [5.41, 5.74) is 5.18. The van der Waals surface area contributed by atoms with Crippen LogP contribution in [0.1, 0.15) is 66.8 Å². The van der Waals surface area contributed by atoms with Crippen LogP contribution in [0.25, 0.3) is 0 Å². The predicted molar refractivity (Wildman–Crippen MR) is 139 cm³/mol. The Hall–Kier alpha value is -2.35. The average Bonchev–Trinajstić information content (AvgIpc) is 2.80. The Bertz CT molecular complexity index is 1030. The van der Waals surface area contributed by atoms with Gasteiger partial charge in [0.05, 0.1) is 7.11 Å². The Labute approximate surface area is 204 Å². The zero-order chi connectivity index (χ0) is 25.0. The Kier molecular flexibility index (Phi) is 8.79. The molecule has 2 aromatic rings. The summed E-state index contributed by atoms with van der Waals surface area (Å²) in [7, 11) is 5.99. The highest BCUT2D eigenvalue weighted by molar-refractivity contribution is 5.61. The molecule has 1 aliphatic carbocycles. The van der Waals surface area contributed by atoms with E-state index in [0.717, 1.165) is 53.2 Å². The number of hydrogen-bond donors (Lipinski definition) is 3. The fourth-order valence-corrected chi connectivity index (χ4v) is 5.32. The standard InChI is InChI=1S/C27H42N4O3/c1-8-31(21-11-9-20(10-12-21)30(5)6)25-15-22(34-7)14-23(19(25)4)26(32)28-16-24-17(2)13-18(3)29-27(24)33/h13-15,20-21,26,28,32H,8-12,16H2,1-7H3,(H,29,33)/t20-,21-,26?. The Morgan fingerprint density at radius 2 is 1.76 bits per heavy atom. The van der Waals surface area contributed by atoms with Gasteiger partial charge in [-0.3, -0.25) is 10.1 Å². The van der Waals surface area contributed by atoms with Crippen LogP contribution in [0.3, 0.4) is 0 Å². The fourth-order valence-electron chi connectivity index (χ4n) is 5.32. The molecule has 0 radical (unpaired) electrons. The maximum Gasteiger partial charge on any atom is 0.252 e. The van der Waals surface area contributed by atoms with Crippen LogP contribution in [0, 0.1) is 20.8 Å². The molecule has 1 unspecified atom stereocenters. The number of aryl methyl sites for hydroxylation is 2. The van der Waals surface area contributed by atoms with Crippen molar-refractivity contribution in [2.45, 2.75) is 78.2 Å². The van der Waals surface area contributed by atoms with E-state index in [2.05, 4.69) is 54.1 Å². The number of pyridine rings is 1. The summed E-state index contributed by atoms with van der Waals surface area (Å²) < 4.78 is 5.62. The molecular weight excluding hydrogens is 428 g/mol. The molecular formula is C27H42N4O3. The largest absolute Gasteiger partial charge is 0.497 e. The minimum atomic E-state index is -0.919. The van der Waals surface area contributed by atoms with E-state index in [1.54, 1.807) is 7.11 Å². The zero-order valence-electron chi connectivity index (χ0n) is 21.9. The van der Waals surface area contributed by atoms with Gasteiger partial charge in [0.15, 0.2) is 0 Å². The average molecular weight is 471 g/mol. The highest BCUT2D eigenvalue weighted by atomic mass is 16.5. The quantitative estimate of drug-likeness (QED) is 0.484. The number of ether oxygens (including phenoxy) is 1. The van der Waals surface area contributed by atoms with Crippen LogP contribution in [0.4, 0.5) is 5.69 Å². The molecule has 1 heterocycles. The van der Waals surface area contributed by atoms with Crippen LogP contribution in [0.15, 0.2) is 23.0 Å². The van der Waals surface area contributed by atoms with E-state index in [1.807, 2.05) is 26.0 Å². The number of nitrogens with zero attached hydrogens (tertiary/aromatic N) is 2. The molecule has 7 nitrogen and oxygen atoms in total. The molecule has 1 atom stereocenters. The van der Waals surface area contributed by atoms with E-state index in [-0.39, 0.29) is 12.1 Å². The molecule has 0 aliphatic heterocycles. The lowest BCUT2D eigenvalue weighted by atomic mass is 9.88. The summed E-state index contributed by atoms with van der Waals surface area (Å²) in [4.78, 5) is 20.0. The van der Waals surface area contributed by atoms with Crippen LogP contribution in [-0.4, -0.2) is 54.8 Å². The van der Waals surface area contributed by atoms with Gasteiger partial charge in [0.1, 0.15) is 12.0 Å². The van der Waals surface area contributed by atoms with Gasteiger partial charge in [-0.05, 0) is 90.7 Å². The molecule has 0 bridgehead atoms. The summed E-state index contributed by atoms with van der Waals surface area (Å²) >= 11 is 0. The number of rotatable bonds is 9. The van der Waals surface area contributed by atoms with Gasteiger partial charge >= 0.3 is 0 Å². The second-order valence-electron chi connectivity index (χ2n) is 9.80. The summed E-state index contributed by atoms with van der Waals surface area (Å²) in [6.45, 7) is 9.22.